The number of rotatable bonds is 2. The van der Waals surface area contributed by atoms with Crippen molar-refractivity contribution < 1.29 is 0 Å². The molecular formula is C20H21N5S. The molecule has 0 spiro atoms. The minimum absolute atomic E-state index is 0.0664. The molecule has 2 aliphatic rings. The molecule has 5 nitrogen and oxygen atoms in total. The summed E-state index contributed by atoms with van der Waals surface area (Å²) >= 11 is 1.54. The molecule has 0 radical (unpaired) electrons. The van der Waals surface area contributed by atoms with Gasteiger partial charge in [0.1, 0.15) is 5.92 Å². The number of nitriles is 3. The summed E-state index contributed by atoms with van der Waals surface area (Å²) in [6.07, 6.45) is 2.05. The van der Waals surface area contributed by atoms with Gasteiger partial charge in [0.15, 0.2) is 5.41 Å². The van der Waals surface area contributed by atoms with Gasteiger partial charge in [0, 0.05) is 35.8 Å². The summed E-state index contributed by atoms with van der Waals surface area (Å²) < 4.78 is 0. The first-order valence-electron chi connectivity index (χ1n) is 8.70. The average Bonchev–Trinajstić information content (AvgIpc) is 3.05. The van der Waals surface area contributed by atoms with Crippen molar-refractivity contribution in [3.8, 4) is 18.2 Å². The van der Waals surface area contributed by atoms with E-state index in [2.05, 4.69) is 37.0 Å². The molecule has 1 fully saturated rings. The molecular weight excluding hydrogens is 342 g/mol. The summed E-state index contributed by atoms with van der Waals surface area (Å²) in [5, 5.41) is 40.3. The number of nitrogens with one attached hydrogen (secondary N) is 1. The molecule has 6 heteroatoms. The van der Waals surface area contributed by atoms with Crippen LogP contribution in [0.2, 0.25) is 0 Å². The highest BCUT2D eigenvalue weighted by Crippen LogP contribution is 2.55. The van der Waals surface area contributed by atoms with E-state index in [1.54, 1.807) is 0 Å². The van der Waals surface area contributed by atoms with Gasteiger partial charge in [-0.25, -0.2) is 0 Å². The van der Waals surface area contributed by atoms with Crippen molar-refractivity contribution in [2.45, 2.75) is 32.7 Å². The van der Waals surface area contributed by atoms with E-state index in [1.165, 1.54) is 11.3 Å². The largest absolute Gasteiger partial charge is 0.305 e. The molecule has 3 atom stereocenters. The Morgan fingerprint density at radius 2 is 2.00 bits per heavy atom. The molecule has 1 saturated carbocycles. The third kappa shape index (κ3) is 2.48. The zero-order valence-corrected chi connectivity index (χ0v) is 16.0. The summed E-state index contributed by atoms with van der Waals surface area (Å²) in [5.41, 5.74) is 0.286. The van der Waals surface area contributed by atoms with Crippen LogP contribution in [0.5, 0.6) is 0 Å². The van der Waals surface area contributed by atoms with Gasteiger partial charge in [0.05, 0.1) is 23.9 Å². The highest BCUT2D eigenvalue weighted by Gasteiger charge is 2.58. The summed E-state index contributed by atoms with van der Waals surface area (Å²) in [6, 6.07) is 8.81. The molecule has 26 heavy (non-hydrogen) atoms. The molecule has 1 aromatic rings. The molecule has 1 aliphatic heterocycles. The smallest absolute Gasteiger partial charge is 0.190 e. The third-order valence-corrected chi connectivity index (χ3v) is 6.83. The summed E-state index contributed by atoms with van der Waals surface area (Å²) in [7, 11) is 0. The SMILES string of the molecule is Cc1ccsc1[C@@H]1[C@@H]2CN(C(C)C)CC=C2[C@@H](C#N)C(=N)C1(C#N)C#N. The number of hydrogen-bond donors (Lipinski definition) is 1. The highest BCUT2D eigenvalue weighted by atomic mass is 32.1. The van der Waals surface area contributed by atoms with Crippen LogP contribution < -0.4 is 0 Å². The van der Waals surface area contributed by atoms with E-state index in [0.29, 0.717) is 12.6 Å². The van der Waals surface area contributed by atoms with Crippen molar-refractivity contribution in [3.63, 3.8) is 0 Å². The van der Waals surface area contributed by atoms with Crippen molar-refractivity contribution in [1.29, 1.82) is 21.2 Å². The lowest BCUT2D eigenvalue weighted by atomic mass is 9.55. The van der Waals surface area contributed by atoms with E-state index in [0.717, 1.165) is 22.6 Å². The van der Waals surface area contributed by atoms with Gasteiger partial charge < -0.3 is 5.41 Å². The number of fused-ring (bicyclic) bond motifs is 1. The van der Waals surface area contributed by atoms with Crippen LogP contribution in [-0.2, 0) is 0 Å². The molecule has 132 valence electrons. The molecule has 0 aromatic carbocycles. The maximum absolute atomic E-state index is 10.00. The number of aryl methyl sites for hydroxylation is 1. The third-order valence-electron chi connectivity index (χ3n) is 5.73. The van der Waals surface area contributed by atoms with Crippen LogP contribution in [-0.4, -0.2) is 29.7 Å². The van der Waals surface area contributed by atoms with Gasteiger partial charge in [-0.3, -0.25) is 4.90 Å². The second-order valence-electron chi connectivity index (χ2n) is 7.31. The van der Waals surface area contributed by atoms with Gasteiger partial charge in [-0.05, 0) is 43.4 Å². The predicted octanol–water partition coefficient (Wildman–Crippen LogP) is 3.61. The minimum atomic E-state index is -1.60. The lowest BCUT2D eigenvalue weighted by Gasteiger charge is -2.48. The first-order chi connectivity index (χ1) is 12.4. The van der Waals surface area contributed by atoms with Crippen molar-refractivity contribution in [3.05, 3.63) is 33.5 Å². The van der Waals surface area contributed by atoms with Gasteiger partial charge in [-0.1, -0.05) is 6.08 Å². The van der Waals surface area contributed by atoms with Crippen molar-refractivity contribution in [2.75, 3.05) is 13.1 Å². The molecule has 1 aliphatic carbocycles. The normalized spacial score (nSPS) is 27.8. The summed E-state index contributed by atoms with van der Waals surface area (Å²) in [5.74, 6) is -1.31. The Bertz CT molecular complexity index is 875. The monoisotopic (exact) mass is 363 g/mol. The van der Waals surface area contributed by atoms with Gasteiger partial charge in [-0.2, -0.15) is 15.8 Å². The second kappa shape index (κ2) is 6.69. The fourth-order valence-corrected chi connectivity index (χ4v) is 5.39. The average molecular weight is 363 g/mol. The first-order valence-corrected chi connectivity index (χ1v) is 9.58. The topological polar surface area (TPSA) is 98.5 Å². The molecule has 1 N–H and O–H groups in total. The zero-order valence-electron chi connectivity index (χ0n) is 15.2. The van der Waals surface area contributed by atoms with Crippen LogP contribution in [0, 0.1) is 63.6 Å². The Labute approximate surface area is 158 Å². The number of thiophene rings is 1. The molecule has 0 unspecified atom stereocenters. The molecule has 3 rings (SSSR count). The fourth-order valence-electron chi connectivity index (χ4n) is 4.23. The predicted molar refractivity (Wildman–Crippen MR) is 101 cm³/mol. The van der Waals surface area contributed by atoms with Crippen molar-refractivity contribution in [1.82, 2.24) is 4.90 Å². The van der Waals surface area contributed by atoms with E-state index < -0.39 is 17.3 Å². The van der Waals surface area contributed by atoms with E-state index in [-0.39, 0.29) is 11.6 Å². The molecule has 0 bridgehead atoms. The van der Waals surface area contributed by atoms with Crippen molar-refractivity contribution >= 4 is 17.0 Å². The molecule has 1 aromatic heterocycles. The van der Waals surface area contributed by atoms with Crippen LogP contribution in [0.25, 0.3) is 0 Å². The molecule has 0 saturated heterocycles. The fraction of sp³-hybridized carbons (Fsp3) is 0.500. The van der Waals surface area contributed by atoms with Crippen molar-refractivity contribution in [2.24, 2.45) is 17.3 Å². The minimum Gasteiger partial charge on any atom is -0.305 e. The second-order valence-corrected chi connectivity index (χ2v) is 8.26. The van der Waals surface area contributed by atoms with Crippen LogP contribution in [0.4, 0.5) is 0 Å². The van der Waals surface area contributed by atoms with Crippen LogP contribution in [0.15, 0.2) is 23.1 Å². The van der Waals surface area contributed by atoms with Crippen LogP contribution in [0.1, 0.15) is 30.2 Å². The Morgan fingerprint density at radius 1 is 1.31 bits per heavy atom. The maximum Gasteiger partial charge on any atom is 0.190 e. The molecule has 2 heterocycles. The Kier molecular flexibility index (Phi) is 4.72. The van der Waals surface area contributed by atoms with Gasteiger partial charge in [0.25, 0.3) is 0 Å². The van der Waals surface area contributed by atoms with Crippen LogP contribution >= 0.6 is 11.3 Å². The standard InChI is InChI=1S/C20H21N5S/c1-12(2)25-6-4-14-15(8-21)19(24)20(10-22,11-23)17(16(14)9-25)18-13(3)5-7-26-18/h4-5,7,12,15-17,24H,6,9H2,1-3H3/t15-,16-,17+/m1/s1. The van der Waals surface area contributed by atoms with E-state index in [4.69, 9.17) is 5.41 Å². The summed E-state index contributed by atoms with van der Waals surface area (Å²) in [6.45, 7) is 7.66. The Morgan fingerprint density at radius 3 is 2.50 bits per heavy atom. The van der Waals surface area contributed by atoms with Gasteiger partial charge >= 0.3 is 0 Å². The van der Waals surface area contributed by atoms with Gasteiger partial charge in [-0.15, -0.1) is 11.3 Å². The van der Waals surface area contributed by atoms with E-state index in [1.807, 2.05) is 24.4 Å². The van der Waals surface area contributed by atoms with E-state index in [9.17, 15) is 15.8 Å². The molecule has 0 amide bonds. The maximum atomic E-state index is 10.00. The number of nitrogens with zero attached hydrogens (tertiary/aromatic N) is 4. The highest BCUT2D eigenvalue weighted by molar-refractivity contribution is 7.10. The number of hydrogen-bond acceptors (Lipinski definition) is 6. The zero-order chi connectivity index (χ0) is 19.1. The Balaban J connectivity index is 2.25. The quantitative estimate of drug-likeness (QED) is 0.811. The van der Waals surface area contributed by atoms with Crippen LogP contribution in [0.3, 0.4) is 0 Å². The lowest BCUT2D eigenvalue weighted by Crippen LogP contribution is -2.53. The lowest BCUT2D eigenvalue weighted by molar-refractivity contribution is 0.172. The van der Waals surface area contributed by atoms with Gasteiger partial charge in [0.2, 0.25) is 0 Å². The summed E-state index contributed by atoms with van der Waals surface area (Å²) in [4.78, 5) is 3.28. The first kappa shape index (κ1) is 18.3. The Hall–Kier alpha value is -2.46. The van der Waals surface area contributed by atoms with E-state index >= 15 is 0 Å².